The van der Waals surface area contributed by atoms with Crippen LogP contribution in [0.15, 0.2) is 158 Å². The maximum absolute atomic E-state index is 5.26. The lowest BCUT2D eigenvalue weighted by molar-refractivity contribution is 1.17. The molecule has 6 aromatic carbocycles. The van der Waals surface area contributed by atoms with Gasteiger partial charge in [0.25, 0.3) is 0 Å². The molecule has 218 valence electrons. The minimum Gasteiger partial charge on any atom is -0.308 e. The SMILES string of the molecule is c1ccc(-c2cc(-c3cccc(-n4c5ccccc5c5ncccc54)c3)cc(-c3ccc4ccc5cccc6ccc3c4c56)n2)nc1. The smallest absolute Gasteiger partial charge is 0.0963 e. The van der Waals surface area contributed by atoms with Crippen LogP contribution in [0.25, 0.3) is 93.7 Å². The Bertz CT molecular complexity index is 2730. The molecule has 4 heterocycles. The number of para-hydroxylation sites is 1. The highest BCUT2D eigenvalue weighted by molar-refractivity contribution is 6.25. The van der Waals surface area contributed by atoms with Crippen molar-refractivity contribution in [1.29, 1.82) is 0 Å². The largest absolute Gasteiger partial charge is 0.308 e. The Labute approximate surface area is 270 Å². The van der Waals surface area contributed by atoms with Crippen molar-refractivity contribution < 1.29 is 0 Å². The molecule has 4 aromatic heterocycles. The van der Waals surface area contributed by atoms with Crippen LogP contribution in [0.3, 0.4) is 0 Å². The first-order valence-electron chi connectivity index (χ1n) is 15.9. The summed E-state index contributed by atoms with van der Waals surface area (Å²) >= 11 is 0. The average molecular weight is 599 g/mol. The first-order chi connectivity index (χ1) is 23.3. The zero-order chi connectivity index (χ0) is 30.9. The van der Waals surface area contributed by atoms with Gasteiger partial charge in [0.1, 0.15) is 0 Å². The van der Waals surface area contributed by atoms with E-state index in [1.54, 1.807) is 0 Å². The van der Waals surface area contributed by atoms with Gasteiger partial charge in [-0.15, -0.1) is 0 Å². The minimum absolute atomic E-state index is 0.843. The average Bonchev–Trinajstić information content (AvgIpc) is 3.48. The zero-order valence-electron chi connectivity index (χ0n) is 25.3. The highest BCUT2D eigenvalue weighted by Gasteiger charge is 2.17. The van der Waals surface area contributed by atoms with Crippen molar-refractivity contribution in [2.45, 2.75) is 0 Å². The lowest BCUT2D eigenvalue weighted by Crippen LogP contribution is -1.96. The van der Waals surface area contributed by atoms with E-state index >= 15 is 0 Å². The molecule has 0 fully saturated rings. The molecule has 10 aromatic rings. The van der Waals surface area contributed by atoms with Gasteiger partial charge in [0.2, 0.25) is 0 Å². The van der Waals surface area contributed by atoms with Crippen LogP contribution < -0.4 is 0 Å². The Morgan fingerprint density at radius 1 is 0.426 bits per heavy atom. The van der Waals surface area contributed by atoms with E-state index in [1.807, 2.05) is 36.7 Å². The normalized spacial score (nSPS) is 11.8. The second-order valence-electron chi connectivity index (χ2n) is 12.1. The molecule has 0 aliphatic rings. The molecule has 0 N–H and O–H groups in total. The van der Waals surface area contributed by atoms with Gasteiger partial charge in [-0.3, -0.25) is 9.97 Å². The third kappa shape index (κ3) is 3.98. The number of benzene rings is 6. The third-order valence-electron chi connectivity index (χ3n) is 9.42. The van der Waals surface area contributed by atoms with Crippen molar-refractivity contribution in [1.82, 2.24) is 19.5 Å². The lowest BCUT2D eigenvalue weighted by Gasteiger charge is -2.16. The molecule has 0 saturated carbocycles. The van der Waals surface area contributed by atoms with E-state index < -0.39 is 0 Å². The molecule has 0 aliphatic heterocycles. The molecular weight excluding hydrogens is 573 g/mol. The van der Waals surface area contributed by atoms with E-state index in [2.05, 4.69) is 126 Å². The topological polar surface area (TPSA) is 43.6 Å². The highest BCUT2D eigenvalue weighted by Crippen LogP contribution is 2.40. The number of hydrogen-bond acceptors (Lipinski definition) is 3. The van der Waals surface area contributed by atoms with Crippen molar-refractivity contribution in [3.8, 4) is 39.5 Å². The van der Waals surface area contributed by atoms with Crippen molar-refractivity contribution >= 4 is 54.3 Å². The molecule has 0 spiro atoms. The number of fused-ring (bicyclic) bond motifs is 3. The standard InChI is InChI=1S/C43H26N4/c1-2-14-39-35(12-1)43-40(15-7-23-45-43)47(39)32-11-6-10-30(24-32)31-25-37(46-38(26-31)36-13-3-4-22-44-36)33-20-18-29-17-16-27-8-5-9-28-19-21-34(33)42(29)41(27)28/h1-26H. The predicted molar refractivity (Wildman–Crippen MR) is 194 cm³/mol. The Balaban J connectivity index is 1.21. The summed E-state index contributed by atoms with van der Waals surface area (Å²) in [5.74, 6) is 0. The highest BCUT2D eigenvalue weighted by atomic mass is 15.0. The van der Waals surface area contributed by atoms with Gasteiger partial charge in [-0.05, 0) is 98.0 Å². The molecule has 0 bridgehead atoms. The Hall–Kier alpha value is -6.39. The van der Waals surface area contributed by atoms with E-state index in [-0.39, 0.29) is 0 Å². The fraction of sp³-hybridized carbons (Fsp3) is 0. The maximum atomic E-state index is 5.26. The maximum Gasteiger partial charge on any atom is 0.0963 e. The van der Waals surface area contributed by atoms with Crippen LogP contribution in [0.4, 0.5) is 0 Å². The minimum atomic E-state index is 0.843. The van der Waals surface area contributed by atoms with E-state index in [0.717, 1.165) is 61.4 Å². The van der Waals surface area contributed by atoms with Gasteiger partial charge in [0.15, 0.2) is 0 Å². The van der Waals surface area contributed by atoms with Crippen LogP contribution in [0.2, 0.25) is 0 Å². The second-order valence-corrected chi connectivity index (χ2v) is 12.1. The van der Waals surface area contributed by atoms with Crippen LogP contribution in [0.5, 0.6) is 0 Å². The van der Waals surface area contributed by atoms with Gasteiger partial charge in [-0.2, -0.15) is 0 Å². The Kier molecular flexibility index (Phi) is 5.54. The van der Waals surface area contributed by atoms with Crippen LogP contribution in [0, 0.1) is 0 Å². The summed E-state index contributed by atoms with van der Waals surface area (Å²) in [5, 5.41) is 8.69. The summed E-state index contributed by atoms with van der Waals surface area (Å²) in [7, 11) is 0. The summed E-state index contributed by atoms with van der Waals surface area (Å²) in [6.45, 7) is 0. The van der Waals surface area contributed by atoms with Crippen molar-refractivity contribution in [2.24, 2.45) is 0 Å². The predicted octanol–water partition coefficient (Wildman–Crippen LogP) is 10.9. The quantitative estimate of drug-likeness (QED) is 0.189. The monoisotopic (exact) mass is 598 g/mol. The number of pyridine rings is 3. The first-order valence-corrected chi connectivity index (χ1v) is 15.9. The van der Waals surface area contributed by atoms with Gasteiger partial charge < -0.3 is 4.57 Å². The van der Waals surface area contributed by atoms with Crippen LogP contribution >= 0.6 is 0 Å². The van der Waals surface area contributed by atoms with E-state index in [0.29, 0.717) is 0 Å². The molecule has 0 amide bonds. The fourth-order valence-electron chi connectivity index (χ4n) is 7.33. The van der Waals surface area contributed by atoms with Crippen LogP contribution in [0.1, 0.15) is 0 Å². The van der Waals surface area contributed by atoms with Gasteiger partial charge in [-0.25, -0.2) is 4.98 Å². The zero-order valence-corrected chi connectivity index (χ0v) is 25.3. The number of aromatic nitrogens is 4. The van der Waals surface area contributed by atoms with Crippen LogP contribution in [-0.4, -0.2) is 19.5 Å². The molecule has 47 heavy (non-hydrogen) atoms. The van der Waals surface area contributed by atoms with Crippen molar-refractivity contribution in [3.05, 3.63) is 158 Å². The summed E-state index contributed by atoms with van der Waals surface area (Å²) in [4.78, 5) is 14.7. The first kappa shape index (κ1) is 25.9. The summed E-state index contributed by atoms with van der Waals surface area (Å²) in [5.41, 5.74) is 10.2. The van der Waals surface area contributed by atoms with Crippen LogP contribution in [-0.2, 0) is 0 Å². The van der Waals surface area contributed by atoms with Gasteiger partial charge in [-0.1, -0.05) is 91.0 Å². The molecule has 4 nitrogen and oxygen atoms in total. The fourth-order valence-corrected chi connectivity index (χ4v) is 7.33. The van der Waals surface area contributed by atoms with Crippen molar-refractivity contribution in [3.63, 3.8) is 0 Å². The van der Waals surface area contributed by atoms with E-state index in [9.17, 15) is 0 Å². The van der Waals surface area contributed by atoms with Gasteiger partial charge >= 0.3 is 0 Å². The number of rotatable bonds is 4. The summed E-state index contributed by atoms with van der Waals surface area (Å²) in [6.07, 6.45) is 3.70. The van der Waals surface area contributed by atoms with Gasteiger partial charge in [0, 0.05) is 29.0 Å². The molecule has 0 radical (unpaired) electrons. The van der Waals surface area contributed by atoms with E-state index in [4.69, 9.17) is 15.0 Å². The lowest BCUT2D eigenvalue weighted by atomic mass is 9.90. The van der Waals surface area contributed by atoms with E-state index in [1.165, 1.54) is 32.3 Å². The second kappa shape index (κ2) is 10.1. The molecule has 0 saturated heterocycles. The summed E-state index contributed by atoms with van der Waals surface area (Å²) < 4.78 is 2.31. The van der Waals surface area contributed by atoms with Crippen molar-refractivity contribution in [2.75, 3.05) is 0 Å². The molecule has 0 aliphatic carbocycles. The molecule has 10 rings (SSSR count). The molecule has 0 unspecified atom stereocenters. The third-order valence-corrected chi connectivity index (χ3v) is 9.42. The Morgan fingerprint density at radius 3 is 2.06 bits per heavy atom. The molecule has 4 heteroatoms. The molecular formula is C43H26N4. The number of hydrogen-bond donors (Lipinski definition) is 0. The Morgan fingerprint density at radius 2 is 1.17 bits per heavy atom. The van der Waals surface area contributed by atoms with Gasteiger partial charge in [0.05, 0.1) is 33.6 Å². The molecule has 0 atom stereocenters. The number of nitrogens with zero attached hydrogens (tertiary/aromatic N) is 4. The summed E-state index contributed by atoms with van der Waals surface area (Å²) in [6, 6.07) is 51.7.